The van der Waals surface area contributed by atoms with Gasteiger partial charge in [0.05, 0.1) is 0 Å². The minimum atomic E-state index is -0.282. The third kappa shape index (κ3) is 12.0. The van der Waals surface area contributed by atoms with Crippen LogP contribution in [-0.4, -0.2) is 20.5 Å². The van der Waals surface area contributed by atoms with Gasteiger partial charge in [0.15, 0.2) is 6.29 Å². The third-order valence-electron chi connectivity index (χ3n) is 3.84. The first-order valence-corrected chi connectivity index (χ1v) is 8.58. The van der Waals surface area contributed by atoms with Crippen LogP contribution in [0.4, 0.5) is 0 Å². The largest absolute Gasteiger partial charge is 0.352 e. The first kappa shape index (κ1) is 21.9. The summed E-state index contributed by atoms with van der Waals surface area (Å²) in [4.78, 5) is 0. The summed E-state index contributed by atoms with van der Waals surface area (Å²) in [5.74, 6) is 0. The Morgan fingerprint density at radius 2 is 1.22 bits per heavy atom. The molecule has 0 aliphatic rings. The molecular formula is C21H36O2. The summed E-state index contributed by atoms with van der Waals surface area (Å²) < 4.78 is 10.4. The fourth-order valence-electron chi connectivity index (χ4n) is 2.39. The lowest BCUT2D eigenvalue weighted by Crippen LogP contribution is -2.15. The molecule has 0 aromatic rings. The van der Waals surface area contributed by atoms with Gasteiger partial charge in [-0.15, -0.1) is 0 Å². The Hall–Kier alpha value is -1.12. The van der Waals surface area contributed by atoms with E-state index in [1.807, 2.05) is 0 Å². The highest BCUT2D eigenvalue weighted by molar-refractivity contribution is 5.07. The second-order valence-electron chi connectivity index (χ2n) is 6.46. The topological polar surface area (TPSA) is 18.5 Å². The van der Waals surface area contributed by atoms with Gasteiger partial charge in [-0.05, 0) is 71.8 Å². The number of hydrogen-bond acceptors (Lipinski definition) is 2. The van der Waals surface area contributed by atoms with Gasteiger partial charge < -0.3 is 9.47 Å². The second-order valence-corrected chi connectivity index (χ2v) is 6.46. The van der Waals surface area contributed by atoms with E-state index in [2.05, 4.69) is 52.5 Å². The van der Waals surface area contributed by atoms with Crippen molar-refractivity contribution in [2.75, 3.05) is 14.2 Å². The molecule has 0 aliphatic heterocycles. The molecule has 0 aliphatic carbocycles. The summed E-state index contributed by atoms with van der Waals surface area (Å²) in [7, 11) is 3.29. The van der Waals surface area contributed by atoms with Crippen LogP contribution in [0.1, 0.15) is 66.2 Å². The number of allylic oxidation sites excluding steroid dienone is 6. The molecule has 0 atom stereocenters. The lowest BCUT2D eigenvalue weighted by atomic mass is 10.0. The Kier molecular flexibility index (Phi) is 12.7. The lowest BCUT2D eigenvalue weighted by Gasteiger charge is -2.15. The van der Waals surface area contributed by atoms with Gasteiger partial charge in [-0.3, -0.25) is 0 Å². The Balaban J connectivity index is 4.02. The van der Waals surface area contributed by atoms with Crippen LogP contribution < -0.4 is 0 Å². The van der Waals surface area contributed by atoms with Gasteiger partial charge in [0.25, 0.3) is 0 Å². The average molecular weight is 321 g/mol. The lowest BCUT2D eigenvalue weighted by molar-refractivity contribution is -0.0762. The highest BCUT2D eigenvalue weighted by Crippen LogP contribution is 2.15. The van der Waals surface area contributed by atoms with E-state index in [9.17, 15) is 0 Å². The minimum absolute atomic E-state index is 0.282. The van der Waals surface area contributed by atoms with Crippen molar-refractivity contribution in [3.63, 3.8) is 0 Å². The van der Waals surface area contributed by atoms with Crippen LogP contribution in [0.5, 0.6) is 0 Å². The molecule has 2 heteroatoms. The SMILES string of the molecule is C=C(CC/C=C(\C)CC/C=C(\C)CCC=C(C)C)C(OC)OC. The van der Waals surface area contributed by atoms with Crippen LogP contribution in [0.25, 0.3) is 0 Å². The predicted molar refractivity (Wildman–Crippen MR) is 102 cm³/mol. The monoisotopic (exact) mass is 320 g/mol. The Morgan fingerprint density at radius 1 is 0.783 bits per heavy atom. The van der Waals surface area contributed by atoms with Gasteiger partial charge in [-0.1, -0.05) is 41.5 Å². The molecule has 2 nitrogen and oxygen atoms in total. The molecule has 0 bridgehead atoms. The van der Waals surface area contributed by atoms with E-state index in [0.29, 0.717) is 0 Å². The van der Waals surface area contributed by atoms with E-state index in [1.54, 1.807) is 14.2 Å². The maximum atomic E-state index is 5.20. The van der Waals surface area contributed by atoms with Crippen molar-refractivity contribution in [1.29, 1.82) is 0 Å². The van der Waals surface area contributed by atoms with Gasteiger partial charge in [0.1, 0.15) is 0 Å². The third-order valence-corrected chi connectivity index (χ3v) is 3.84. The van der Waals surface area contributed by atoms with Crippen molar-refractivity contribution >= 4 is 0 Å². The van der Waals surface area contributed by atoms with E-state index in [0.717, 1.165) is 37.7 Å². The molecule has 0 rings (SSSR count). The van der Waals surface area contributed by atoms with Crippen LogP contribution in [0, 0.1) is 0 Å². The van der Waals surface area contributed by atoms with Crippen molar-refractivity contribution in [3.8, 4) is 0 Å². The van der Waals surface area contributed by atoms with Crippen molar-refractivity contribution in [3.05, 3.63) is 47.1 Å². The van der Waals surface area contributed by atoms with Gasteiger partial charge >= 0.3 is 0 Å². The highest BCUT2D eigenvalue weighted by Gasteiger charge is 2.08. The highest BCUT2D eigenvalue weighted by atomic mass is 16.7. The molecule has 132 valence electrons. The van der Waals surface area contributed by atoms with Crippen LogP contribution in [0.3, 0.4) is 0 Å². The Labute approximate surface area is 144 Å². The molecular weight excluding hydrogens is 284 g/mol. The summed E-state index contributed by atoms with van der Waals surface area (Å²) in [6.07, 6.45) is 13.2. The maximum Gasteiger partial charge on any atom is 0.178 e. The summed E-state index contributed by atoms with van der Waals surface area (Å²) >= 11 is 0. The van der Waals surface area contributed by atoms with E-state index >= 15 is 0 Å². The first-order valence-electron chi connectivity index (χ1n) is 8.58. The Morgan fingerprint density at radius 3 is 1.65 bits per heavy atom. The predicted octanol–water partition coefficient (Wildman–Crippen LogP) is 6.36. The van der Waals surface area contributed by atoms with Gasteiger partial charge in [0, 0.05) is 14.2 Å². The van der Waals surface area contributed by atoms with Gasteiger partial charge in [-0.2, -0.15) is 0 Å². The Bertz CT molecular complexity index is 419. The van der Waals surface area contributed by atoms with Crippen molar-refractivity contribution in [2.24, 2.45) is 0 Å². The fraction of sp³-hybridized carbons (Fsp3) is 0.619. The van der Waals surface area contributed by atoms with Crippen molar-refractivity contribution < 1.29 is 9.47 Å². The van der Waals surface area contributed by atoms with Crippen LogP contribution in [0.2, 0.25) is 0 Å². The van der Waals surface area contributed by atoms with Gasteiger partial charge in [-0.25, -0.2) is 0 Å². The molecule has 0 heterocycles. The normalized spacial score (nSPS) is 12.7. The summed E-state index contributed by atoms with van der Waals surface area (Å²) in [6.45, 7) is 12.8. The zero-order valence-corrected chi connectivity index (χ0v) is 16.1. The quantitative estimate of drug-likeness (QED) is 0.307. The molecule has 0 aromatic heterocycles. The molecule has 0 saturated heterocycles. The fourth-order valence-corrected chi connectivity index (χ4v) is 2.39. The van der Waals surface area contributed by atoms with E-state index in [-0.39, 0.29) is 6.29 Å². The van der Waals surface area contributed by atoms with E-state index in [1.165, 1.54) is 23.1 Å². The second kappa shape index (κ2) is 13.3. The summed E-state index contributed by atoms with van der Waals surface area (Å²) in [5, 5.41) is 0. The molecule has 0 saturated carbocycles. The molecule has 23 heavy (non-hydrogen) atoms. The van der Waals surface area contributed by atoms with E-state index < -0.39 is 0 Å². The van der Waals surface area contributed by atoms with Crippen LogP contribution >= 0.6 is 0 Å². The summed E-state index contributed by atoms with van der Waals surface area (Å²) in [6, 6.07) is 0. The first-order chi connectivity index (χ1) is 10.9. The smallest absolute Gasteiger partial charge is 0.178 e. The molecule has 0 spiro atoms. The molecule has 0 aromatic carbocycles. The van der Waals surface area contributed by atoms with Crippen LogP contribution in [0.15, 0.2) is 47.1 Å². The maximum absolute atomic E-state index is 5.20. The molecule has 0 radical (unpaired) electrons. The number of ether oxygens (including phenoxy) is 2. The number of methoxy groups -OCH3 is 2. The summed E-state index contributed by atoms with van der Waals surface area (Å²) in [5.41, 5.74) is 5.33. The standard InChI is InChI=1S/C21H36O2/c1-17(2)11-8-12-18(3)13-9-14-19(4)15-10-16-20(5)21(22-6)23-7/h11,13,15,21H,5,8-10,12,14,16H2,1-4,6-7H3/b18-13+,19-15+. The zero-order chi connectivity index (χ0) is 17.7. The van der Waals surface area contributed by atoms with Gasteiger partial charge in [0.2, 0.25) is 0 Å². The molecule has 0 N–H and O–H groups in total. The number of hydrogen-bond donors (Lipinski definition) is 0. The van der Waals surface area contributed by atoms with Crippen molar-refractivity contribution in [2.45, 2.75) is 72.5 Å². The average Bonchev–Trinajstić information content (AvgIpc) is 2.48. The number of rotatable bonds is 12. The molecule has 0 unspecified atom stereocenters. The zero-order valence-electron chi connectivity index (χ0n) is 16.1. The van der Waals surface area contributed by atoms with Crippen LogP contribution in [-0.2, 0) is 9.47 Å². The molecule has 0 amide bonds. The molecule has 0 fully saturated rings. The van der Waals surface area contributed by atoms with Crippen molar-refractivity contribution in [1.82, 2.24) is 0 Å². The van der Waals surface area contributed by atoms with E-state index in [4.69, 9.17) is 9.47 Å². The minimum Gasteiger partial charge on any atom is -0.352 e.